The Labute approximate surface area is 70.5 Å². The highest BCUT2D eigenvalue weighted by atomic mass is 16.5. The minimum absolute atomic E-state index is 0.105. The van der Waals surface area contributed by atoms with Crippen LogP contribution < -0.4 is 0 Å². The average molecular weight is 158 g/mol. The van der Waals surface area contributed by atoms with E-state index in [9.17, 15) is 0 Å². The highest BCUT2D eigenvalue weighted by Gasteiger charge is 2.04. The Balaban J connectivity index is 3.13. The maximum absolute atomic E-state index is 8.53. The largest absolute Gasteiger partial charge is 0.470 e. The van der Waals surface area contributed by atoms with E-state index in [-0.39, 0.29) is 5.57 Å². The van der Waals surface area contributed by atoms with Gasteiger partial charge in [0.15, 0.2) is 0 Å². The molecule has 0 amide bonds. The van der Waals surface area contributed by atoms with Gasteiger partial charge in [-0.3, -0.25) is 0 Å². The summed E-state index contributed by atoms with van der Waals surface area (Å²) in [7, 11) is 0. The second-order valence-corrected chi connectivity index (χ2v) is 2.23. The van der Waals surface area contributed by atoms with E-state index in [2.05, 4.69) is 0 Å². The van der Waals surface area contributed by atoms with Crippen LogP contribution >= 0.6 is 0 Å². The van der Waals surface area contributed by atoms with Crippen LogP contribution in [0.15, 0.2) is 35.3 Å². The zero-order valence-electron chi connectivity index (χ0n) is 6.53. The van der Waals surface area contributed by atoms with Crippen LogP contribution in [0.2, 0.25) is 0 Å². The Morgan fingerprint density at radius 3 is 2.58 bits per heavy atom. The Morgan fingerprint density at radius 1 is 1.42 bits per heavy atom. The van der Waals surface area contributed by atoms with Crippen molar-refractivity contribution in [2.24, 2.45) is 0 Å². The highest BCUT2D eigenvalue weighted by Crippen LogP contribution is 2.15. The van der Waals surface area contributed by atoms with Crippen LogP contribution in [-0.2, 0) is 4.74 Å². The van der Waals surface area contributed by atoms with Crippen LogP contribution in [0.4, 0.5) is 0 Å². The molecule has 1 aliphatic heterocycles. The van der Waals surface area contributed by atoms with Crippen LogP contribution in [0.1, 0.15) is 6.92 Å². The lowest BCUT2D eigenvalue weighted by Gasteiger charge is -2.05. The summed E-state index contributed by atoms with van der Waals surface area (Å²) in [5.74, 6) is 0.676. The van der Waals surface area contributed by atoms with Crippen LogP contribution in [0.25, 0.3) is 0 Å². The van der Waals surface area contributed by atoms with Gasteiger partial charge in [0, 0.05) is 5.57 Å². The summed E-state index contributed by atoms with van der Waals surface area (Å²) in [5, 5.41) is 17.1. The van der Waals surface area contributed by atoms with Crippen molar-refractivity contribution in [2.45, 2.75) is 6.92 Å². The number of hydrogen-bond acceptors (Lipinski definition) is 3. The van der Waals surface area contributed by atoms with E-state index < -0.39 is 0 Å². The van der Waals surface area contributed by atoms with Gasteiger partial charge >= 0.3 is 0 Å². The first kappa shape index (κ1) is 8.10. The predicted molar refractivity (Wildman–Crippen MR) is 42.2 cm³/mol. The minimum Gasteiger partial charge on any atom is -0.470 e. The molecule has 0 unspecified atom stereocenters. The standard InChI is InChI=1S/C9H6N2O/c1-7-4-8(2-3-12-7)9(5-10)6-11/h2-4H,1H3. The van der Waals surface area contributed by atoms with Gasteiger partial charge in [0.25, 0.3) is 0 Å². The topological polar surface area (TPSA) is 56.8 Å². The number of nitriles is 2. The van der Waals surface area contributed by atoms with Crippen LogP contribution in [0.5, 0.6) is 0 Å². The normalized spacial score (nSPS) is 13.9. The van der Waals surface area contributed by atoms with Gasteiger partial charge in [-0.05, 0) is 19.1 Å². The van der Waals surface area contributed by atoms with Gasteiger partial charge in [-0.25, -0.2) is 0 Å². The molecule has 1 heterocycles. The Morgan fingerprint density at radius 2 is 2.08 bits per heavy atom. The Hall–Kier alpha value is -2.00. The van der Waals surface area contributed by atoms with E-state index in [0.29, 0.717) is 11.3 Å². The van der Waals surface area contributed by atoms with Gasteiger partial charge in [-0.15, -0.1) is 0 Å². The van der Waals surface area contributed by atoms with Crippen LogP contribution in [0.3, 0.4) is 0 Å². The third-order valence-corrected chi connectivity index (χ3v) is 1.37. The average Bonchev–Trinajstić information content (AvgIpc) is 2.07. The molecule has 0 aliphatic carbocycles. The maximum Gasteiger partial charge on any atom is 0.137 e. The van der Waals surface area contributed by atoms with Gasteiger partial charge in [0.2, 0.25) is 0 Å². The number of allylic oxidation sites excluding steroid dienone is 5. The highest BCUT2D eigenvalue weighted by molar-refractivity contribution is 5.50. The maximum atomic E-state index is 8.53. The summed E-state index contributed by atoms with van der Waals surface area (Å²) in [6.45, 7) is 1.76. The molecule has 58 valence electrons. The second-order valence-electron chi connectivity index (χ2n) is 2.23. The zero-order chi connectivity index (χ0) is 8.97. The van der Waals surface area contributed by atoms with Crippen LogP contribution in [0, 0.1) is 22.7 Å². The first-order valence-electron chi connectivity index (χ1n) is 3.34. The lowest BCUT2D eigenvalue weighted by atomic mass is 10.1. The molecule has 0 fully saturated rings. The molecule has 0 bridgehead atoms. The quantitative estimate of drug-likeness (QED) is 0.505. The SMILES string of the molecule is CC1=CC(=C(C#N)C#N)C=CO1. The fourth-order valence-electron chi connectivity index (χ4n) is 0.825. The van der Waals surface area contributed by atoms with E-state index in [1.165, 1.54) is 6.26 Å². The van der Waals surface area contributed by atoms with E-state index in [1.807, 2.05) is 12.1 Å². The molecular formula is C9H6N2O. The van der Waals surface area contributed by atoms with Gasteiger partial charge in [-0.2, -0.15) is 10.5 Å². The predicted octanol–water partition coefficient (Wildman–Crippen LogP) is 1.78. The zero-order valence-corrected chi connectivity index (χ0v) is 6.53. The summed E-state index contributed by atoms with van der Waals surface area (Å²) >= 11 is 0. The molecule has 0 aromatic carbocycles. The monoisotopic (exact) mass is 158 g/mol. The Kier molecular flexibility index (Phi) is 2.30. The van der Waals surface area contributed by atoms with Crippen molar-refractivity contribution in [3.63, 3.8) is 0 Å². The summed E-state index contributed by atoms with van der Waals surface area (Å²) in [4.78, 5) is 0. The molecule has 0 N–H and O–H groups in total. The van der Waals surface area contributed by atoms with Crippen molar-refractivity contribution in [2.75, 3.05) is 0 Å². The van der Waals surface area contributed by atoms with Crippen molar-refractivity contribution < 1.29 is 4.74 Å². The number of ether oxygens (including phenoxy) is 1. The molecule has 1 rings (SSSR count). The van der Waals surface area contributed by atoms with Gasteiger partial charge in [0.1, 0.15) is 23.5 Å². The first-order valence-corrected chi connectivity index (χ1v) is 3.34. The van der Waals surface area contributed by atoms with Crippen molar-refractivity contribution in [3.8, 4) is 12.1 Å². The summed E-state index contributed by atoms with van der Waals surface area (Å²) in [5.41, 5.74) is 0.706. The van der Waals surface area contributed by atoms with E-state index in [4.69, 9.17) is 15.3 Å². The molecule has 0 spiro atoms. The molecule has 0 atom stereocenters. The molecule has 1 aliphatic rings. The van der Waals surface area contributed by atoms with Crippen LogP contribution in [-0.4, -0.2) is 0 Å². The lowest BCUT2D eigenvalue weighted by Crippen LogP contribution is -1.90. The fraction of sp³-hybridized carbons (Fsp3) is 0.111. The summed E-state index contributed by atoms with van der Waals surface area (Å²) < 4.78 is 4.97. The molecule has 12 heavy (non-hydrogen) atoms. The van der Waals surface area contributed by atoms with Crippen molar-refractivity contribution in [1.82, 2.24) is 0 Å². The number of hydrogen-bond donors (Lipinski definition) is 0. The van der Waals surface area contributed by atoms with E-state index >= 15 is 0 Å². The lowest BCUT2D eigenvalue weighted by molar-refractivity contribution is 0.348. The summed E-state index contributed by atoms with van der Waals surface area (Å²) in [6, 6.07) is 3.62. The van der Waals surface area contributed by atoms with E-state index in [1.54, 1.807) is 19.1 Å². The number of nitrogens with zero attached hydrogens (tertiary/aromatic N) is 2. The molecular weight excluding hydrogens is 152 g/mol. The van der Waals surface area contributed by atoms with Crippen molar-refractivity contribution in [1.29, 1.82) is 10.5 Å². The van der Waals surface area contributed by atoms with Crippen molar-refractivity contribution in [3.05, 3.63) is 35.3 Å². The Bertz CT molecular complexity index is 345. The smallest absolute Gasteiger partial charge is 0.137 e. The molecule has 0 aromatic rings. The minimum atomic E-state index is 0.105. The third kappa shape index (κ3) is 1.53. The molecule has 0 aromatic heterocycles. The van der Waals surface area contributed by atoms with Gasteiger partial charge in [0.05, 0.1) is 6.26 Å². The molecule has 0 radical (unpaired) electrons. The van der Waals surface area contributed by atoms with E-state index in [0.717, 1.165) is 0 Å². The first-order chi connectivity index (χ1) is 5.77. The van der Waals surface area contributed by atoms with Gasteiger partial charge in [-0.1, -0.05) is 0 Å². The summed E-state index contributed by atoms with van der Waals surface area (Å²) in [6.07, 6.45) is 4.70. The van der Waals surface area contributed by atoms with Crippen molar-refractivity contribution >= 4 is 0 Å². The molecule has 0 saturated heterocycles. The molecule has 3 nitrogen and oxygen atoms in total. The molecule has 0 saturated carbocycles. The van der Waals surface area contributed by atoms with Gasteiger partial charge < -0.3 is 4.74 Å². The third-order valence-electron chi connectivity index (χ3n) is 1.37. The second kappa shape index (κ2) is 3.41. The fourth-order valence-corrected chi connectivity index (χ4v) is 0.825. The molecule has 3 heteroatoms. The number of rotatable bonds is 0.